The second-order valence-corrected chi connectivity index (χ2v) is 37.0. The summed E-state index contributed by atoms with van der Waals surface area (Å²) >= 11 is 0. The molecular weight excluding hydrogens is 1810 g/mol. The van der Waals surface area contributed by atoms with Gasteiger partial charge in [0.25, 0.3) is 0 Å². The van der Waals surface area contributed by atoms with E-state index in [-0.39, 0.29) is 0 Å². The summed E-state index contributed by atoms with van der Waals surface area (Å²) in [5.41, 5.74) is 37.6. The molecule has 9 heteroatoms. The molecule has 1 unspecified atom stereocenters. The SMILES string of the molecule is Cc1ccc(N(c2ccccc2)c2ccc(-c3ccc(N(c4ccccc4)c4cccc(C)c4)cc3)cc2)cc1.Cc1cccc(N(c2ccccc2)c2ccc(N(c3ccc(N(c4ccccc4)c4cccc(C)c4)cc3)c3ccc(N(c4ccccc4)c4cccc(C)c4)cc3)cc2)c1.[2H]P[3H].c1ccc(N(c2ccc(-c3ccc(N(c4ccccc4)c4cccc5ccccc45)cc3)cc2)c2cccc3ccccc23)cc1. The standard InChI is InChI=1S/C57H48N4.C44H32N2.C38H32N2.H3P/c1-43-16-13-25-55(40-43)59(46-19-7-4-8-20-46)52-34-28-49(29-35-52)58(50-30-36-53(37-31-50)60(47-21-9-5-10-22-47)56-26-14-17-44(2)41-56)51-32-38-54(39-33-51)61(48-23-11-6-12-24-48)57-27-15-18-45(3)42-57;1-3-17-37(18-4-1)45(43-23-11-15-35-13-7-9-21-41(35)43)39-29-25-33(26-30-39)34-27-31-40(32-28-34)46(38-19-5-2-6-20-38)44-24-12-16-36-14-8-10-22-42(36)44;1-29-16-22-35(23-17-29)39(33-11-5-3-6-12-33)36-24-18-31(19-25-36)32-20-26-37(27-21-32)40(34-13-7-4-8-14-34)38-15-9-10-30(2)28-38;/h4-42H,1-3H3;1-32H;3-28H,1-2H3;1H3/i;;;1TD. The van der Waals surface area contributed by atoms with Crippen LogP contribution in [0, 0.1) is 34.6 Å². The molecule has 0 bridgehead atoms. The molecule has 0 fully saturated rings. The Hall–Kier alpha value is -18.6. The lowest BCUT2D eigenvalue weighted by atomic mass is 10.0. The molecule has 0 heterocycles. The van der Waals surface area contributed by atoms with Crippen LogP contribution in [0.5, 0.6) is 0 Å². The molecule has 0 spiro atoms. The van der Waals surface area contributed by atoms with Crippen LogP contribution in [0.25, 0.3) is 43.8 Å². The maximum absolute atomic E-state index is 5.90. The molecule has 23 rings (SSSR count). The third-order valence-corrected chi connectivity index (χ3v) is 26.7. The number of para-hydroxylation sites is 7. The van der Waals surface area contributed by atoms with E-state index in [0.29, 0.717) is 0 Å². The lowest BCUT2D eigenvalue weighted by Gasteiger charge is -2.30. The number of anilines is 24. The van der Waals surface area contributed by atoms with Crippen LogP contribution in [0.1, 0.15) is 27.8 Å². The summed E-state index contributed by atoms with van der Waals surface area (Å²) < 4.78 is 11.8. The third kappa shape index (κ3) is 22.1. The van der Waals surface area contributed by atoms with Crippen molar-refractivity contribution >= 4 is 168 Å². The van der Waals surface area contributed by atoms with Crippen molar-refractivity contribution in [1.29, 1.82) is 2.56 Å². The Morgan fingerprint density at radius 2 is 0.291 bits per heavy atom. The molecule has 0 saturated heterocycles. The van der Waals surface area contributed by atoms with Gasteiger partial charge in [0, 0.05) is 136 Å². The molecule has 0 N–H and O–H groups in total. The van der Waals surface area contributed by atoms with Gasteiger partial charge in [0.2, 0.25) is 0 Å². The van der Waals surface area contributed by atoms with E-state index in [9.17, 15) is 0 Å². The lowest BCUT2D eigenvalue weighted by molar-refractivity contribution is 1.23. The van der Waals surface area contributed by atoms with E-state index >= 15 is 0 Å². The van der Waals surface area contributed by atoms with Gasteiger partial charge in [-0.3, -0.25) is 0 Å². The predicted octanol–water partition coefficient (Wildman–Crippen LogP) is 40.1. The minimum atomic E-state index is -0.417. The summed E-state index contributed by atoms with van der Waals surface area (Å²) in [5.74, 6) is 0. The molecule has 8 nitrogen and oxygen atoms in total. The molecule has 23 aromatic rings. The van der Waals surface area contributed by atoms with E-state index in [2.05, 4.69) is 662 Å². The number of hydrogen-bond acceptors (Lipinski definition) is 8. The van der Waals surface area contributed by atoms with E-state index in [1.807, 2.05) is 0 Å². The second kappa shape index (κ2) is 45.8. The van der Waals surface area contributed by atoms with Gasteiger partial charge in [-0.05, 0) is 369 Å². The fraction of sp³-hybridized carbons (Fsp3) is 0.0360. The van der Waals surface area contributed by atoms with Gasteiger partial charge in [0.15, 0.2) is 0 Å². The summed E-state index contributed by atoms with van der Waals surface area (Å²) in [6.07, 6.45) is 0. The molecule has 0 aliphatic heterocycles. The topological polar surface area (TPSA) is 25.9 Å². The highest BCUT2D eigenvalue weighted by molar-refractivity contribution is 6.92. The minimum Gasteiger partial charge on any atom is -0.311 e. The molecule has 0 amide bonds. The molecule has 23 aromatic carbocycles. The Balaban J connectivity index is 0.000000137. The Labute approximate surface area is 876 Å². The fourth-order valence-corrected chi connectivity index (χ4v) is 19.6. The number of rotatable bonds is 26. The number of fused-ring (bicyclic) bond motifs is 2. The van der Waals surface area contributed by atoms with Gasteiger partial charge in [-0.2, -0.15) is 9.79 Å². The summed E-state index contributed by atoms with van der Waals surface area (Å²) in [6.45, 7) is 10.7. The quantitative estimate of drug-likeness (QED) is 0.0495. The highest BCUT2D eigenvalue weighted by Crippen LogP contribution is 2.48. The van der Waals surface area contributed by atoms with Crippen LogP contribution in [0.15, 0.2) is 588 Å². The Kier molecular flexibility index (Phi) is 29.2. The normalized spacial score (nSPS) is 11.0. The zero-order chi connectivity index (χ0) is 102. The van der Waals surface area contributed by atoms with Crippen molar-refractivity contribution in [3.8, 4) is 22.3 Å². The van der Waals surface area contributed by atoms with E-state index < -0.39 is 9.79 Å². The summed E-state index contributed by atoms with van der Waals surface area (Å²) in [6, 6.07) is 210. The van der Waals surface area contributed by atoms with Crippen LogP contribution in [-0.4, -0.2) is 2.56 Å². The van der Waals surface area contributed by atoms with Crippen LogP contribution >= 0.6 is 9.79 Å². The van der Waals surface area contributed by atoms with E-state index in [1.54, 1.807) is 0 Å². The van der Waals surface area contributed by atoms with Gasteiger partial charge in [0.1, 0.15) is 0 Å². The average molecular weight is 1930 g/mol. The molecule has 148 heavy (non-hydrogen) atoms. The van der Waals surface area contributed by atoms with Gasteiger partial charge >= 0.3 is 0 Å². The first-order chi connectivity index (χ1) is 73.9. The average Bonchev–Trinajstić information content (AvgIpc) is 0.792. The lowest BCUT2D eigenvalue weighted by Crippen LogP contribution is -2.14. The molecule has 0 aliphatic rings. The second-order valence-electron chi connectivity index (χ2n) is 37.0. The summed E-state index contributed by atoms with van der Waals surface area (Å²) in [4.78, 5) is 18.6. The number of hydrogen-bond donors (Lipinski definition) is 0. The van der Waals surface area contributed by atoms with Crippen molar-refractivity contribution in [2.24, 2.45) is 0 Å². The summed E-state index contributed by atoms with van der Waals surface area (Å²) in [5, 5.41) is 4.90. The van der Waals surface area contributed by atoms with Crippen LogP contribution in [0.4, 0.5) is 136 Å². The Morgan fingerprint density at radius 3 is 0.507 bits per heavy atom. The van der Waals surface area contributed by atoms with Gasteiger partial charge in [-0.15, -0.1) is 0 Å². The van der Waals surface area contributed by atoms with Gasteiger partial charge < -0.3 is 39.2 Å². The zero-order valence-electron chi connectivity index (χ0n) is 85.6. The van der Waals surface area contributed by atoms with Crippen LogP contribution in [0.2, 0.25) is 0 Å². The Morgan fingerprint density at radius 1 is 0.142 bits per heavy atom. The van der Waals surface area contributed by atoms with Gasteiger partial charge in [-0.25, -0.2) is 0 Å². The Bertz CT molecular complexity index is 7830. The molecule has 716 valence electrons. The smallest absolute Gasteiger partial charge is 0.0540 e. The minimum absolute atomic E-state index is 0.417. The van der Waals surface area contributed by atoms with E-state index in [1.165, 1.54) is 71.6 Å². The highest BCUT2D eigenvalue weighted by Gasteiger charge is 2.25. The molecular formula is C139H115N8P. The van der Waals surface area contributed by atoms with Gasteiger partial charge in [-0.1, -0.05) is 315 Å². The number of benzene rings is 23. The molecule has 0 saturated carbocycles. The van der Waals surface area contributed by atoms with Crippen molar-refractivity contribution in [2.45, 2.75) is 34.6 Å². The van der Waals surface area contributed by atoms with Gasteiger partial charge in [0.05, 0.1) is 13.9 Å². The maximum atomic E-state index is 5.90. The highest BCUT2D eigenvalue weighted by atomic mass is 31.0. The first-order valence-electron chi connectivity index (χ1n) is 51.2. The van der Waals surface area contributed by atoms with Crippen molar-refractivity contribution in [2.75, 3.05) is 39.2 Å². The van der Waals surface area contributed by atoms with Crippen LogP contribution in [-0.2, 0) is 0 Å². The molecule has 1 atom stereocenters. The van der Waals surface area contributed by atoms with E-state index in [0.717, 1.165) is 136 Å². The van der Waals surface area contributed by atoms with Crippen molar-refractivity contribution < 1.29 is 0 Å². The first-order valence-corrected chi connectivity index (χ1v) is 50.2. The molecule has 0 aliphatic carbocycles. The summed E-state index contributed by atoms with van der Waals surface area (Å²) in [7, 11) is -0.417. The van der Waals surface area contributed by atoms with Crippen LogP contribution < -0.4 is 39.2 Å². The third-order valence-electron chi connectivity index (χ3n) is 26.7. The number of aryl methyl sites for hydroxylation is 5. The maximum Gasteiger partial charge on any atom is 0.0540 e. The largest absolute Gasteiger partial charge is 0.311 e. The van der Waals surface area contributed by atoms with Crippen LogP contribution in [0.3, 0.4) is 0 Å². The fourth-order valence-electron chi connectivity index (χ4n) is 19.6. The van der Waals surface area contributed by atoms with Crippen molar-refractivity contribution in [3.63, 3.8) is 0 Å². The van der Waals surface area contributed by atoms with E-state index in [4.69, 9.17) is 2.56 Å². The predicted molar refractivity (Wildman–Crippen MR) is 637 cm³/mol. The molecule has 0 radical (unpaired) electrons. The monoisotopic (exact) mass is 1930 g/mol. The first kappa shape index (κ1) is 94.3. The zero-order valence-corrected chi connectivity index (χ0v) is 84.6. The molecule has 0 aromatic heterocycles. The number of nitrogens with zero attached hydrogens (tertiary/aromatic N) is 8. The van der Waals surface area contributed by atoms with Crippen molar-refractivity contribution in [3.05, 3.63) is 616 Å². The van der Waals surface area contributed by atoms with Crippen molar-refractivity contribution in [1.82, 2.24) is 0 Å².